The minimum absolute atomic E-state index is 0.183. The summed E-state index contributed by atoms with van der Waals surface area (Å²) in [6.07, 6.45) is -4.73. The molecule has 0 aliphatic heterocycles. The third kappa shape index (κ3) is 5.80. The first kappa shape index (κ1) is 21.4. The molecule has 150 valence electrons. The molecule has 2 aromatic carbocycles. The molecule has 0 unspecified atom stereocenters. The van der Waals surface area contributed by atoms with Gasteiger partial charge >= 0.3 is 6.18 Å². The van der Waals surface area contributed by atoms with E-state index in [1.807, 2.05) is 20.8 Å². The molecule has 0 heterocycles. The van der Waals surface area contributed by atoms with Gasteiger partial charge in [0.1, 0.15) is 5.82 Å². The molecule has 2 aromatic rings. The van der Waals surface area contributed by atoms with Crippen molar-refractivity contribution in [1.82, 2.24) is 10.6 Å². The van der Waals surface area contributed by atoms with Crippen molar-refractivity contribution in [3.8, 4) is 0 Å². The standard InChI is InChI=1S/C20H20F4N2O2/c1-19(2,3)26-18(28)13-6-4-12(5-7-13)17(27)25-11-14-8-9-15(21)10-16(14)20(22,23)24/h4-10H,11H2,1-3H3,(H,25,27)(H,26,28). The van der Waals surface area contributed by atoms with Crippen molar-refractivity contribution in [3.63, 3.8) is 0 Å². The maximum Gasteiger partial charge on any atom is 0.416 e. The Balaban J connectivity index is 2.08. The number of rotatable bonds is 4. The van der Waals surface area contributed by atoms with Crippen LogP contribution in [0, 0.1) is 5.82 Å². The van der Waals surface area contributed by atoms with Gasteiger partial charge in [0.2, 0.25) is 0 Å². The van der Waals surface area contributed by atoms with Crippen LogP contribution in [0.5, 0.6) is 0 Å². The van der Waals surface area contributed by atoms with E-state index in [4.69, 9.17) is 0 Å². The zero-order valence-corrected chi connectivity index (χ0v) is 15.6. The fraction of sp³-hybridized carbons (Fsp3) is 0.300. The topological polar surface area (TPSA) is 58.2 Å². The van der Waals surface area contributed by atoms with Crippen molar-refractivity contribution in [2.45, 2.75) is 39.0 Å². The highest BCUT2D eigenvalue weighted by molar-refractivity contribution is 5.98. The van der Waals surface area contributed by atoms with Crippen molar-refractivity contribution in [2.24, 2.45) is 0 Å². The van der Waals surface area contributed by atoms with Gasteiger partial charge in [0.25, 0.3) is 11.8 Å². The summed E-state index contributed by atoms with van der Waals surface area (Å²) in [5, 5.41) is 5.15. The number of carbonyl (C=O) groups is 2. The lowest BCUT2D eigenvalue weighted by Gasteiger charge is -2.20. The molecular weight excluding hydrogens is 376 g/mol. The highest BCUT2D eigenvalue weighted by atomic mass is 19.4. The largest absolute Gasteiger partial charge is 0.416 e. The Morgan fingerprint density at radius 2 is 1.43 bits per heavy atom. The number of alkyl halides is 3. The van der Waals surface area contributed by atoms with Crippen LogP contribution in [-0.4, -0.2) is 17.4 Å². The number of halogens is 4. The van der Waals surface area contributed by atoms with E-state index < -0.39 is 35.5 Å². The number of carbonyl (C=O) groups excluding carboxylic acids is 2. The summed E-state index contributed by atoms with van der Waals surface area (Å²) in [6.45, 7) is 5.08. The summed E-state index contributed by atoms with van der Waals surface area (Å²) < 4.78 is 52.1. The lowest BCUT2D eigenvalue weighted by Crippen LogP contribution is -2.40. The zero-order valence-electron chi connectivity index (χ0n) is 15.6. The van der Waals surface area contributed by atoms with Crippen LogP contribution in [0.2, 0.25) is 0 Å². The fourth-order valence-electron chi connectivity index (χ4n) is 2.43. The summed E-state index contributed by atoms with van der Waals surface area (Å²) in [4.78, 5) is 24.3. The average molecular weight is 396 g/mol. The van der Waals surface area contributed by atoms with E-state index >= 15 is 0 Å². The summed E-state index contributed by atoms with van der Waals surface area (Å²) in [6, 6.07) is 8.00. The molecule has 0 radical (unpaired) electrons. The highest BCUT2D eigenvalue weighted by Crippen LogP contribution is 2.32. The van der Waals surface area contributed by atoms with Crippen LogP contribution in [-0.2, 0) is 12.7 Å². The molecule has 8 heteroatoms. The number of benzene rings is 2. The number of amides is 2. The monoisotopic (exact) mass is 396 g/mol. The molecule has 2 rings (SSSR count). The van der Waals surface area contributed by atoms with Crippen LogP contribution in [0.3, 0.4) is 0 Å². The normalized spacial score (nSPS) is 11.8. The Labute approximate surface area is 159 Å². The maximum atomic E-state index is 13.1. The third-order valence-electron chi connectivity index (χ3n) is 3.71. The van der Waals surface area contributed by atoms with E-state index in [0.717, 1.165) is 12.1 Å². The van der Waals surface area contributed by atoms with E-state index in [1.165, 1.54) is 24.3 Å². The van der Waals surface area contributed by atoms with Crippen molar-refractivity contribution in [1.29, 1.82) is 0 Å². The zero-order chi connectivity index (χ0) is 21.1. The molecule has 0 saturated heterocycles. The maximum absolute atomic E-state index is 13.1. The SMILES string of the molecule is CC(C)(C)NC(=O)c1ccc(C(=O)NCc2ccc(F)cc2C(F)(F)F)cc1. The van der Waals surface area contributed by atoms with E-state index in [2.05, 4.69) is 10.6 Å². The van der Waals surface area contributed by atoms with Gasteiger partial charge in [0.15, 0.2) is 0 Å². The molecule has 0 aliphatic rings. The minimum Gasteiger partial charge on any atom is -0.348 e. The number of hydrogen-bond acceptors (Lipinski definition) is 2. The Morgan fingerprint density at radius 3 is 1.93 bits per heavy atom. The first-order valence-corrected chi connectivity index (χ1v) is 8.43. The second kappa shape index (κ2) is 8.00. The molecule has 2 N–H and O–H groups in total. The Bertz CT molecular complexity index is 869. The second-order valence-electron chi connectivity index (χ2n) is 7.26. The minimum atomic E-state index is -4.73. The molecule has 0 spiro atoms. The summed E-state index contributed by atoms with van der Waals surface area (Å²) in [7, 11) is 0. The molecular formula is C20H20F4N2O2. The fourth-order valence-corrected chi connectivity index (χ4v) is 2.43. The van der Waals surface area contributed by atoms with Gasteiger partial charge in [-0.05, 0) is 62.7 Å². The van der Waals surface area contributed by atoms with E-state index in [1.54, 1.807) is 0 Å². The van der Waals surface area contributed by atoms with Gasteiger partial charge < -0.3 is 10.6 Å². The van der Waals surface area contributed by atoms with Crippen LogP contribution in [0.25, 0.3) is 0 Å². The Hall–Kier alpha value is -2.90. The molecule has 0 aliphatic carbocycles. The molecule has 28 heavy (non-hydrogen) atoms. The first-order chi connectivity index (χ1) is 12.9. The van der Waals surface area contributed by atoms with E-state index in [9.17, 15) is 27.2 Å². The van der Waals surface area contributed by atoms with E-state index in [-0.39, 0.29) is 17.0 Å². The van der Waals surface area contributed by atoms with Crippen LogP contribution in [0.4, 0.5) is 17.6 Å². The highest BCUT2D eigenvalue weighted by Gasteiger charge is 2.33. The Morgan fingerprint density at radius 1 is 0.893 bits per heavy atom. The van der Waals surface area contributed by atoms with E-state index in [0.29, 0.717) is 11.6 Å². The van der Waals surface area contributed by atoms with Gasteiger partial charge in [0.05, 0.1) is 5.56 Å². The van der Waals surface area contributed by atoms with Gasteiger partial charge in [-0.3, -0.25) is 9.59 Å². The number of nitrogens with one attached hydrogen (secondary N) is 2. The van der Waals surface area contributed by atoms with Crippen LogP contribution >= 0.6 is 0 Å². The van der Waals surface area contributed by atoms with Gasteiger partial charge in [-0.15, -0.1) is 0 Å². The first-order valence-electron chi connectivity index (χ1n) is 8.43. The van der Waals surface area contributed by atoms with Crippen LogP contribution in [0.15, 0.2) is 42.5 Å². The predicted octanol–water partition coefficient (Wildman–Crippen LogP) is 4.30. The van der Waals surface area contributed by atoms with Crippen molar-refractivity contribution in [3.05, 3.63) is 70.5 Å². The summed E-state index contributed by atoms with van der Waals surface area (Å²) >= 11 is 0. The van der Waals surface area contributed by atoms with Crippen LogP contribution < -0.4 is 10.6 Å². The third-order valence-corrected chi connectivity index (χ3v) is 3.71. The summed E-state index contributed by atoms with van der Waals surface area (Å²) in [5.74, 6) is -1.92. The van der Waals surface area contributed by atoms with Gasteiger partial charge in [-0.1, -0.05) is 6.07 Å². The molecule has 0 fully saturated rings. The summed E-state index contributed by atoms with van der Waals surface area (Å²) in [5.41, 5.74) is -1.27. The van der Waals surface area contributed by atoms with Gasteiger partial charge in [-0.25, -0.2) is 4.39 Å². The Kier molecular flexibility index (Phi) is 6.11. The molecule has 4 nitrogen and oxygen atoms in total. The lowest BCUT2D eigenvalue weighted by molar-refractivity contribution is -0.138. The van der Waals surface area contributed by atoms with Crippen molar-refractivity contribution in [2.75, 3.05) is 0 Å². The molecule has 0 bridgehead atoms. The number of hydrogen-bond donors (Lipinski definition) is 2. The molecule has 0 aromatic heterocycles. The van der Waals surface area contributed by atoms with Crippen LogP contribution in [0.1, 0.15) is 52.6 Å². The molecule has 0 atom stereocenters. The second-order valence-corrected chi connectivity index (χ2v) is 7.26. The molecule has 2 amide bonds. The van der Waals surface area contributed by atoms with Crippen molar-refractivity contribution < 1.29 is 27.2 Å². The average Bonchev–Trinajstić information content (AvgIpc) is 2.58. The van der Waals surface area contributed by atoms with Crippen molar-refractivity contribution >= 4 is 11.8 Å². The molecule has 0 saturated carbocycles. The smallest absolute Gasteiger partial charge is 0.348 e. The van der Waals surface area contributed by atoms with Gasteiger partial charge in [-0.2, -0.15) is 13.2 Å². The quantitative estimate of drug-likeness (QED) is 0.757. The van der Waals surface area contributed by atoms with Gasteiger partial charge in [0, 0.05) is 23.2 Å². The lowest BCUT2D eigenvalue weighted by atomic mass is 10.1. The predicted molar refractivity (Wildman–Crippen MR) is 96.2 cm³/mol.